The van der Waals surface area contributed by atoms with Gasteiger partial charge in [0, 0.05) is 17.9 Å². The van der Waals surface area contributed by atoms with Crippen molar-refractivity contribution < 1.29 is 28.6 Å². The molecule has 6 heteroatoms. The molecule has 1 aliphatic carbocycles. The van der Waals surface area contributed by atoms with E-state index in [1.54, 1.807) is 13.0 Å². The minimum absolute atomic E-state index is 0.222. The van der Waals surface area contributed by atoms with Gasteiger partial charge in [-0.15, -0.1) is 0 Å². The summed E-state index contributed by atoms with van der Waals surface area (Å²) in [7, 11) is 0. The third-order valence-corrected chi connectivity index (χ3v) is 4.62. The van der Waals surface area contributed by atoms with Gasteiger partial charge in [-0.1, -0.05) is 12.1 Å². The lowest BCUT2D eigenvalue weighted by atomic mass is 9.76. The molecule has 25 heavy (non-hydrogen) atoms. The Morgan fingerprint density at radius 1 is 1.16 bits per heavy atom. The van der Waals surface area contributed by atoms with E-state index < -0.39 is 6.16 Å². The third-order valence-electron chi connectivity index (χ3n) is 4.62. The number of aryl methyl sites for hydroxylation is 1. The number of benzene rings is 1. The number of fused-ring (bicyclic) bond motifs is 1. The molecule has 135 valence electrons. The van der Waals surface area contributed by atoms with E-state index >= 15 is 0 Å². The molecule has 0 fully saturated rings. The summed E-state index contributed by atoms with van der Waals surface area (Å²) < 4.78 is 15.0. The summed E-state index contributed by atoms with van der Waals surface area (Å²) in [5.41, 5.74) is 2.49. The van der Waals surface area contributed by atoms with E-state index in [-0.39, 0.29) is 24.6 Å². The SMILES string of the molecule is CCOC(=O)OCCC1(CCOC(C)=O)CCc2cc([C]=O)ccc21. The Kier molecular flexibility index (Phi) is 6.56. The Morgan fingerprint density at radius 3 is 2.52 bits per heavy atom. The summed E-state index contributed by atoms with van der Waals surface area (Å²) in [6.45, 7) is 3.89. The second kappa shape index (κ2) is 8.65. The van der Waals surface area contributed by atoms with Crippen LogP contribution in [0.5, 0.6) is 0 Å². The molecule has 0 saturated heterocycles. The van der Waals surface area contributed by atoms with Gasteiger partial charge in [0.25, 0.3) is 0 Å². The number of rotatable bonds is 8. The van der Waals surface area contributed by atoms with Crippen LogP contribution in [0.2, 0.25) is 0 Å². The van der Waals surface area contributed by atoms with Crippen LogP contribution in [0.4, 0.5) is 4.79 Å². The molecule has 0 bridgehead atoms. The molecule has 0 heterocycles. The summed E-state index contributed by atoms with van der Waals surface area (Å²) in [6, 6.07) is 5.52. The van der Waals surface area contributed by atoms with E-state index in [1.807, 2.05) is 18.4 Å². The van der Waals surface area contributed by atoms with Crippen molar-refractivity contribution in [1.82, 2.24) is 0 Å². The molecule has 0 amide bonds. The molecule has 0 saturated carbocycles. The molecule has 0 spiro atoms. The highest BCUT2D eigenvalue weighted by atomic mass is 16.7. The van der Waals surface area contributed by atoms with Crippen LogP contribution in [0.3, 0.4) is 0 Å². The van der Waals surface area contributed by atoms with Gasteiger partial charge in [0.1, 0.15) is 0 Å². The molecule has 1 radical (unpaired) electrons. The lowest BCUT2D eigenvalue weighted by Crippen LogP contribution is -2.28. The van der Waals surface area contributed by atoms with E-state index in [9.17, 15) is 14.4 Å². The van der Waals surface area contributed by atoms with Crippen LogP contribution in [-0.4, -0.2) is 38.2 Å². The number of esters is 1. The molecule has 0 aromatic heterocycles. The van der Waals surface area contributed by atoms with Crippen molar-refractivity contribution in [3.8, 4) is 0 Å². The number of carbonyl (C=O) groups is 2. The Bertz CT molecular complexity index is 639. The first-order valence-electron chi connectivity index (χ1n) is 8.45. The van der Waals surface area contributed by atoms with Crippen LogP contribution in [0.1, 0.15) is 49.8 Å². The van der Waals surface area contributed by atoms with Crippen molar-refractivity contribution in [1.29, 1.82) is 0 Å². The number of carbonyl (C=O) groups excluding carboxylic acids is 3. The molecule has 1 unspecified atom stereocenters. The molecule has 6 nitrogen and oxygen atoms in total. The van der Waals surface area contributed by atoms with Gasteiger partial charge in [-0.25, -0.2) is 4.79 Å². The first-order valence-corrected chi connectivity index (χ1v) is 8.45. The van der Waals surface area contributed by atoms with Crippen LogP contribution in [0, 0.1) is 0 Å². The molecule has 1 aromatic rings. The Morgan fingerprint density at radius 2 is 1.88 bits per heavy atom. The van der Waals surface area contributed by atoms with Crippen molar-refractivity contribution >= 4 is 18.4 Å². The van der Waals surface area contributed by atoms with E-state index in [4.69, 9.17) is 14.2 Å². The summed E-state index contributed by atoms with van der Waals surface area (Å²) in [5, 5.41) is 0. The first-order chi connectivity index (χ1) is 12.0. The van der Waals surface area contributed by atoms with Crippen LogP contribution in [0.15, 0.2) is 18.2 Å². The second-order valence-corrected chi connectivity index (χ2v) is 6.13. The average molecular weight is 347 g/mol. The summed E-state index contributed by atoms with van der Waals surface area (Å²) in [5.74, 6) is -0.318. The standard InChI is InChI=1S/C19H23O6/c1-3-23-18(22)25-11-9-19(8-10-24-14(2)21)7-6-16-12-15(13-20)4-5-17(16)19/h4-5,12H,3,6-11H2,1-2H3. The molecular formula is C19H23O6. The topological polar surface area (TPSA) is 78.9 Å². The maximum absolute atomic E-state index is 11.4. The fourth-order valence-electron chi connectivity index (χ4n) is 3.41. The second-order valence-electron chi connectivity index (χ2n) is 6.13. The fraction of sp³-hybridized carbons (Fsp3) is 0.526. The van der Waals surface area contributed by atoms with E-state index in [1.165, 1.54) is 6.92 Å². The highest BCUT2D eigenvalue weighted by Gasteiger charge is 2.38. The van der Waals surface area contributed by atoms with Gasteiger partial charge < -0.3 is 14.2 Å². The Labute approximate surface area is 147 Å². The quantitative estimate of drug-likeness (QED) is 0.673. The zero-order chi connectivity index (χ0) is 18.3. The van der Waals surface area contributed by atoms with Crippen molar-refractivity contribution in [2.45, 2.75) is 44.9 Å². The monoisotopic (exact) mass is 347 g/mol. The van der Waals surface area contributed by atoms with Gasteiger partial charge in [-0.2, -0.15) is 0 Å². The average Bonchev–Trinajstić information content (AvgIpc) is 2.93. The van der Waals surface area contributed by atoms with Crippen molar-refractivity contribution in [3.63, 3.8) is 0 Å². The number of hydrogen-bond donors (Lipinski definition) is 0. The highest BCUT2D eigenvalue weighted by molar-refractivity contribution is 5.76. The van der Waals surface area contributed by atoms with Gasteiger partial charge in [0.15, 0.2) is 0 Å². The van der Waals surface area contributed by atoms with Crippen molar-refractivity contribution in [2.24, 2.45) is 0 Å². The summed E-state index contributed by atoms with van der Waals surface area (Å²) in [6.07, 6.45) is 4.14. The van der Waals surface area contributed by atoms with Crippen LogP contribution in [0.25, 0.3) is 0 Å². The zero-order valence-corrected chi connectivity index (χ0v) is 14.6. The predicted octanol–water partition coefficient (Wildman–Crippen LogP) is 2.84. The minimum Gasteiger partial charge on any atom is -0.466 e. The lowest BCUT2D eigenvalue weighted by molar-refractivity contribution is -0.141. The first kappa shape index (κ1) is 19.0. The van der Waals surface area contributed by atoms with Crippen LogP contribution < -0.4 is 0 Å². The highest BCUT2D eigenvalue weighted by Crippen LogP contribution is 2.44. The maximum Gasteiger partial charge on any atom is 0.508 e. The van der Waals surface area contributed by atoms with E-state index in [0.717, 1.165) is 24.0 Å². The van der Waals surface area contributed by atoms with Gasteiger partial charge in [-0.3, -0.25) is 9.59 Å². The smallest absolute Gasteiger partial charge is 0.466 e. The molecule has 0 N–H and O–H groups in total. The number of ether oxygens (including phenoxy) is 3. The summed E-state index contributed by atoms with van der Waals surface area (Å²) in [4.78, 5) is 33.3. The van der Waals surface area contributed by atoms with Gasteiger partial charge in [-0.05, 0) is 49.8 Å². The summed E-state index contributed by atoms with van der Waals surface area (Å²) >= 11 is 0. The van der Waals surface area contributed by atoms with Gasteiger partial charge >= 0.3 is 12.1 Å². The molecule has 0 aliphatic heterocycles. The van der Waals surface area contributed by atoms with Gasteiger partial charge in [0.05, 0.1) is 19.8 Å². The van der Waals surface area contributed by atoms with Crippen LogP contribution in [-0.2, 0) is 35.6 Å². The minimum atomic E-state index is -0.679. The van der Waals surface area contributed by atoms with Crippen molar-refractivity contribution in [3.05, 3.63) is 34.9 Å². The molecule has 2 rings (SSSR count). The number of hydrogen-bond acceptors (Lipinski definition) is 6. The maximum atomic E-state index is 11.4. The third kappa shape index (κ3) is 4.81. The molecule has 1 aliphatic rings. The predicted molar refractivity (Wildman–Crippen MR) is 90.1 cm³/mol. The van der Waals surface area contributed by atoms with Crippen molar-refractivity contribution in [2.75, 3.05) is 19.8 Å². The Balaban J connectivity index is 2.13. The molecule has 1 atom stereocenters. The largest absolute Gasteiger partial charge is 0.508 e. The lowest BCUT2D eigenvalue weighted by Gasteiger charge is -2.30. The normalized spacial score (nSPS) is 18.3. The van der Waals surface area contributed by atoms with Crippen LogP contribution >= 0.6 is 0 Å². The van der Waals surface area contributed by atoms with E-state index in [0.29, 0.717) is 25.0 Å². The zero-order valence-electron chi connectivity index (χ0n) is 14.6. The Hall–Kier alpha value is -2.37. The van der Waals surface area contributed by atoms with Gasteiger partial charge in [0.2, 0.25) is 6.29 Å². The molecular weight excluding hydrogens is 324 g/mol. The fourth-order valence-corrected chi connectivity index (χ4v) is 3.41. The molecule has 1 aromatic carbocycles. The van der Waals surface area contributed by atoms with E-state index in [2.05, 4.69) is 0 Å².